The third-order valence-corrected chi connectivity index (χ3v) is 4.90. The molecular formula is C18H21N5OS. The topological polar surface area (TPSA) is 71.8 Å². The van der Waals surface area contributed by atoms with Crippen LogP contribution in [0.3, 0.4) is 0 Å². The molecule has 0 bridgehead atoms. The highest BCUT2D eigenvalue weighted by atomic mass is 32.1. The zero-order chi connectivity index (χ0) is 17.5. The number of hydrogen-bond donors (Lipinski definition) is 2. The smallest absolute Gasteiger partial charge is 0.220 e. The van der Waals surface area contributed by atoms with Gasteiger partial charge in [0.2, 0.25) is 5.91 Å². The summed E-state index contributed by atoms with van der Waals surface area (Å²) in [5.74, 6) is 1.54. The second kappa shape index (κ2) is 8.43. The number of nitrogens with one attached hydrogen (secondary N) is 2. The highest BCUT2D eigenvalue weighted by Crippen LogP contribution is 2.17. The summed E-state index contributed by atoms with van der Waals surface area (Å²) in [6.45, 7) is 3.25. The second-order valence-electron chi connectivity index (χ2n) is 5.67. The fourth-order valence-corrected chi connectivity index (χ4v) is 3.32. The standard InChI is InChI=1S/C18H21N5OS/c1-14-8-13-25-15(14)4-7-18(24)20-10-9-19-16-5-6-17(22-21-16)23-11-2-3-12-23/h2-3,5-6,8,11-13H,4,7,9-10H2,1H3,(H,19,21)(H,20,24). The summed E-state index contributed by atoms with van der Waals surface area (Å²) >= 11 is 1.71. The van der Waals surface area contributed by atoms with E-state index in [4.69, 9.17) is 0 Å². The third kappa shape index (κ3) is 4.90. The molecule has 0 saturated carbocycles. The van der Waals surface area contributed by atoms with Crippen LogP contribution >= 0.6 is 11.3 Å². The van der Waals surface area contributed by atoms with Crippen LogP contribution < -0.4 is 10.6 Å². The molecule has 1 amide bonds. The van der Waals surface area contributed by atoms with Crippen molar-refractivity contribution < 1.29 is 4.79 Å². The average molecular weight is 355 g/mol. The minimum atomic E-state index is 0.0728. The zero-order valence-electron chi connectivity index (χ0n) is 14.1. The van der Waals surface area contributed by atoms with E-state index >= 15 is 0 Å². The molecule has 3 aromatic heterocycles. The van der Waals surface area contributed by atoms with Gasteiger partial charge in [-0.25, -0.2) is 0 Å². The van der Waals surface area contributed by atoms with Crippen LogP contribution in [-0.4, -0.2) is 33.8 Å². The number of amides is 1. The number of aromatic nitrogens is 3. The molecule has 25 heavy (non-hydrogen) atoms. The van der Waals surface area contributed by atoms with Crippen LogP contribution in [0.25, 0.3) is 5.82 Å². The highest BCUT2D eigenvalue weighted by Gasteiger charge is 2.05. The van der Waals surface area contributed by atoms with E-state index in [1.165, 1.54) is 10.4 Å². The monoisotopic (exact) mass is 355 g/mol. The number of rotatable bonds is 8. The predicted octanol–water partition coefficient (Wildman–Crippen LogP) is 2.80. The lowest BCUT2D eigenvalue weighted by Crippen LogP contribution is -2.29. The summed E-state index contributed by atoms with van der Waals surface area (Å²) in [5, 5.41) is 16.4. The molecule has 0 aliphatic heterocycles. The van der Waals surface area contributed by atoms with E-state index in [2.05, 4.69) is 39.2 Å². The Kier molecular flexibility index (Phi) is 5.79. The SMILES string of the molecule is Cc1ccsc1CCC(=O)NCCNc1ccc(-n2cccc2)nn1. The lowest BCUT2D eigenvalue weighted by Gasteiger charge is -2.08. The second-order valence-corrected chi connectivity index (χ2v) is 6.67. The minimum absolute atomic E-state index is 0.0728. The van der Waals surface area contributed by atoms with E-state index in [1.807, 2.05) is 41.2 Å². The van der Waals surface area contributed by atoms with Crippen LogP contribution in [0.1, 0.15) is 16.9 Å². The van der Waals surface area contributed by atoms with E-state index < -0.39 is 0 Å². The van der Waals surface area contributed by atoms with Crippen LogP contribution in [0.5, 0.6) is 0 Å². The minimum Gasteiger partial charge on any atom is -0.367 e. The van der Waals surface area contributed by atoms with Crippen molar-refractivity contribution in [2.75, 3.05) is 18.4 Å². The normalized spacial score (nSPS) is 10.6. The molecule has 130 valence electrons. The van der Waals surface area contributed by atoms with Crippen molar-refractivity contribution in [2.45, 2.75) is 19.8 Å². The molecule has 6 nitrogen and oxygen atoms in total. The van der Waals surface area contributed by atoms with Crippen LogP contribution in [0.2, 0.25) is 0 Å². The molecule has 0 fully saturated rings. The molecule has 0 unspecified atom stereocenters. The summed E-state index contributed by atoms with van der Waals surface area (Å²) < 4.78 is 1.90. The Morgan fingerprint density at radius 3 is 2.68 bits per heavy atom. The number of hydrogen-bond acceptors (Lipinski definition) is 5. The van der Waals surface area contributed by atoms with Gasteiger partial charge in [-0.2, -0.15) is 0 Å². The molecule has 0 radical (unpaired) electrons. The fraction of sp³-hybridized carbons (Fsp3) is 0.278. The van der Waals surface area contributed by atoms with Crippen molar-refractivity contribution in [1.29, 1.82) is 0 Å². The van der Waals surface area contributed by atoms with E-state index in [0.29, 0.717) is 25.3 Å². The van der Waals surface area contributed by atoms with Gasteiger partial charge in [-0.05, 0) is 54.6 Å². The van der Waals surface area contributed by atoms with Crippen molar-refractivity contribution in [1.82, 2.24) is 20.1 Å². The van der Waals surface area contributed by atoms with Gasteiger partial charge >= 0.3 is 0 Å². The first-order chi connectivity index (χ1) is 12.2. The lowest BCUT2D eigenvalue weighted by molar-refractivity contribution is -0.120. The van der Waals surface area contributed by atoms with Gasteiger partial charge in [0.05, 0.1) is 0 Å². The number of anilines is 1. The molecule has 2 N–H and O–H groups in total. The summed E-state index contributed by atoms with van der Waals surface area (Å²) in [4.78, 5) is 13.2. The first-order valence-corrected chi connectivity index (χ1v) is 9.11. The van der Waals surface area contributed by atoms with Crippen molar-refractivity contribution in [3.8, 4) is 5.82 Å². The van der Waals surface area contributed by atoms with Gasteiger partial charge in [-0.15, -0.1) is 21.5 Å². The number of aryl methyl sites for hydroxylation is 2. The molecule has 0 aliphatic carbocycles. The van der Waals surface area contributed by atoms with E-state index in [1.54, 1.807) is 11.3 Å². The van der Waals surface area contributed by atoms with E-state index in [9.17, 15) is 4.79 Å². The Labute approximate surface area is 150 Å². The van der Waals surface area contributed by atoms with Crippen molar-refractivity contribution >= 4 is 23.1 Å². The van der Waals surface area contributed by atoms with E-state index in [0.717, 1.165) is 12.2 Å². The molecule has 0 aromatic carbocycles. The molecule has 0 atom stereocenters. The number of carbonyl (C=O) groups is 1. The van der Waals surface area contributed by atoms with Gasteiger partial charge in [0.15, 0.2) is 5.82 Å². The van der Waals surface area contributed by atoms with Crippen LogP contribution in [0.15, 0.2) is 48.1 Å². The quantitative estimate of drug-likeness (QED) is 0.610. The predicted molar refractivity (Wildman–Crippen MR) is 100 cm³/mol. The van der Waals surface area contributed by atoms with Crippen molar-refractivity contribution in [3.63, 3.8) is 0 Å². The molecule has 0 saturated heterocycles. The van der Waals surface area contributed by atoms with Gasteiger partial charge < -0.3 is 15.2 Å². The van der Waals surface area contributed by atoms with Crippen molar-refractivity contribution in [3.05, 3.63) is 58.5 Å². The molecule has 0 aliphatic rings. The Bertz CT molecular complexity index is 795. The third-order valence-electron chi connectivity index (χ3n) is 3.82. The van der Waals surface area contributed by atoms with Crippen LogP contribution in [0, 0.1) is 6.92 Å². The molecule has 3 rings (SSSR count). The maximum atomic E-state index is 11.9. The fourth-order valence-electron chi connectivity index (χ4n) is 2.41. The van der Waals surface area contributed by atoms with Gasteiger partial charge in [0.25, 0.3) is 0 Å². The molecule has 3 aromatic rings. The highest BCUT2D eigenvalue weighted by molar-refractivity contribution is 7.10. The van der Waals surface area contributed by atoms with E-state index in [-0.39, 0.29) is 5.91 Å². The lowest BCUT2D eigenvalue weighted by atomic mass is 10.2. The summed E-state index contributed by atoms with van der Waals surface area (Å²) in [6.07, 6.45) is 5.16. The largest absolute Gasteiger partial charge is 0.367 e. The number of nitrogens with zero attached hydrogens (tertiary/aromatic N) is 3. The Balaban J connectivity index is 1.35. The first kappa shape index (κ1) is 17.2. The molecule has 7 heteroatoms. The Hall–Kier alpha value is -2.67. The summed E-state index contributed by atoms with van der Waals surface area (Å²) in [6, 6.07) is 9.75. The number of carbonyl (C=O) groups excluding carboxylic acids is 1. The summed E-state index contributed by atoms with van der Waals surface area (Å²) in [7, 11) is 0. The van der Waals surface area contributed by atoms with Crippen LogP contribution in [0.4, 0.5) is 5.82 Å². The van der Waals surface area contributed by atoms with Gasteiger partial charge in [-0.1, -0.05) is 0 Å². The van der Waals surface area contributed by atoms with Gasteiger partial charge in [-0.3, -0.25) is 4.79 Å². The van der Waals surface area contributed by atoms with Crippen LogP contribution in [-0.2, 0) is 11.2 Å². The first-order valence-electron chi connectivity index (χ1n) is 8.23. The summed E-state index contributed by atoms with van der Waals surface area (Å²) in [5.41, 5.74) is 1.27. The number of thiophene rings is 1. The molecule has 3 heterocycles. The maximum Gasteiger partial charge on any atom is 0.220 e. The van der Waals surface area contributed by atoms with Gasteiger partial charge in [0.1, 0.15) is 5.82 Å². The zero-order valence-corrected chi connectivity index (χ0v) is 14.9. The molecule has 0 spiro atoms. The molecular weight excluding hydrogens is 334 g/mol. The van der Waals surface area contributed by atoms with Crippen molar-refractivity contribution in [2.24, 2.45) is 0 Å². The maximum absolute atomic E-state index is 11.9. The average Bonchev–Trinajstić information content (AvgIpc) is 3.29. The Morgan fingerprint density at radius 2 is 2.00 bits per heavy atom. The Morgan fingerprint density at radius 1 is 1.16 bits per heavy atom. The van der Waals surface area contributed by atoms with Gasteiger partial charge in [0, 0.05) is 36.8 Å².